The number of para-hydroxylation sites is 4. The van der Waals surface area contributed by atoms with Crippen molar-refractivity contribution in [2.45, 2.75) is 26.2 Å². The van der Waals surface area contributed by atoms with E-state index in [1.54, 1.807) is 0 Å². The van der Waals surface area contributed by atoms with Crippen LogP contribution in [0, 0.1) is 0 Å². The molecule has 236 valence electrons. The average Bonchev–Trinajstić information content (AvgIpc) is 3.62. The van der Waals surface area contributed by atoms with Crippen molar-refractivity contribution < 1.29 is 4.42 Å². The van der Waals surface area contributed by atoms with Gasteiger partial charge in [0.25, 0.3) is 6.71 Å². The lowest BCUT2D eigenvalue weighted by Gasteiger charge is -2.43. The minimum atomic E-state index is 0.0101. The maximum Gasteiger partial charge on any atom is 0.256 e. The Morgan fingerprint density at radius 1 is 0.510 bits per heavy atom. The predicted molar refractivity (Wildman–Crippen MR) is 206 cm³/mol. The molecule has 0 fully saturated rings. The minimum Gasteiger partial charge on any atom is -0.449 e. The van der Waals surface area contributed by atoms with Crippen molar-refractivity contribution in [1.29, 1.82) is 0 Å². The largest absolute Gasteiger partial charge is 0.449 e. The zero-order chi connectivity index (χ0) is 33.1. The van der Waals surface area contributed by atoms with E-state index in [-0.39, 0.29) is 12.1 Å². The van der Waals surface area contributed by atoms with E-state index in [4.69, 9.17) is 4.42 Å². The van der Waals surface area contributed by atoms with Gasteiger partial charge in [-0.3, -0.25) is 4.90 Å². The number of furan rings is 1. The van der Waals surface area contributed by atoms with Gasteiger partial charge in [-0.1, -0.05) is 106 Å². The van der Waals surface area contributed by atoms with E-state index in [0.29, 0.717) is 0 Å². The van der Waals surface area contributed by atoms with Crippen molar-refractivity contribution in [1.82, 2.24) is 0 Å². The first-order valence-corrected chi connectivity index (χ1v) is 17.0. The Kier molecular flexibility index (Phi) is 6.77. The molecule has 0 radical (unpaired) electrons. The van der Waals surface area contributed by atoms with Crippen LogP contribution in [0.3, 0.4) is 0 Å². The second kappa shape index (κ2) is 11.3. The molecule has 0 N–H and O–H groups in total. The normalized spacial score (nSPS) is 13.1. The molecule has 0 saturated carbocycles. The second-order valence-corrected chi connectivity index (χ2v) is 13.9. The molecule has 4 nitrogen and oxygen atoms in total. The van der Waals surface area contributed by atoms with E-state index in [1.807, 2.05) is 6.26 Å². The fraction of sp³-hybridized carbons (Fsp3) is 0.0909. The first-order valence-electron chi connectivity index (χ1n) is 17.0. The molecule has 0 aliphatic carbocycles. The Bertz CT molecular complexity index is 2240. The Morgan fingerprint density at radius 3 is 1.69 bits per heavy atom. The summed E-state index contributed by atoms with van der Waals surface area (Å²) < 4.78 is 6.47. The van der Waals surface area contributed by atoms with Gasteiger partial charge in [0.15, 0.2) is 5.88 Å². The average molecular weight is 634 g/mol. The molecular formula is C44H36BN3O. The van der Waals surface area contributed by atoms with Crippen molar-refractivity contribution >= 4 is 74.5 Å². The van der Waals surface area contributed by atoms with Crippen LogP contribution in [0.2, 0.25) is 0 Å². The molecule has 7 aromatic rings. The van der Waals surface area contributed by atoms with Crippen LogP contribution in [0.4, 0.5) is 51.4 Å². The molecule has 3 heterocycles. The van der Waals surface area contributed by atoms with E-state index in [9.17, 15) is 0 Å². The maximum atomic E-state index is 6.47. The smallest absolute Gasteiger partial charge is 0.256 e. The summed E-state index contributed by atoms with van der Waals surface area (Å²) in [5.74, 6) is 0.859. The van der Waals surface area contributed by atoms with Gasteiger partial charge in [-0.05, 0) is 100 Å². The van der Waals surface area contributed by atoms with Gasteiger partial charge in [-0.15, -0.1) is 0 Å². The van der Waals surface area contributed by atoms with Crippen LogP contribution in [-0.4, -0.2) is 6.71 Å². The molecule has 0 spiro atoms. The molecule has 1 aromatic heterocycles. The standard InChI is InChI=1S/C44H36BN3O/c1-44(2,3)31-23-25-35(26-24-31)48-41-30-36(46(32-15-7-4-8-16-32)33-17-9-5-10-18-33)29-40-42(41)45(38-27-28-49-43(38)48)37-21-13-14-22-39(37)47(40)34-19-11-6-12-20-34/h4-30H,1-3H3. The van der Waals surface area contributed by atoms with Gasteiger partial charge in [0, 0.05) is 39.8 Å². The number of anilines is 9. The van der Waals surface area contributed by atoms with E-state index < -0.39 is 0 Å². The summed E-state index contributed by atoms with van der Waals surface area (Å²) in [6, 6.07) is 56.7. The minimum absolute atomic E-state index is 0.0101. The molecule has 6 aromatic carbocycles. The predicted octanol–water partition coefficient (Wildman–Crippen LogP) is 10.1. The molecule has 2 aliphatic rings. The molecule has 49 heavy (non-hydrogen) atoms. The number of nitrogens with zero attached hydrogens (tertiary/aromatic N) is 3. The number of benzene rings is 6. The van der Waals surface area contributed by atoms with Gasteiger partial charge < -0.3 is 14.2 Å². The van der Waals surface area contributed by atoms with Crippen molar-refractivity contribution in [3.63, 3.8) is 0 Å². The van der Waals surface area contributed by atoms with Gasteiger partial charge in [-0.2, -0.15) is 0 Å². The van der Waals surface area contributed by atoms with Crippen LogP contribution < -0.4 is 31.1 Å². The fourth-order valence-electron chi connectivity index (χ4n) is 7.59. The number of hydrogen-bond acceptors (Lipinski definition) is 4. The quantitative estimate of drug-likeness (QED) is 0.176. The Hall–Kier alpha value is -5.94. The van der Waals surface area contributed by atoms with Crippen LogP contribution >= 0.6 is 0 Å². The topological polar surface area (TPSA) is 22.9 Å². The molecule has 0 amide bonds. The number of fused-ring (bicyclic) bond motifs is 4. The SMILES string of the molecule is CC(C)(C)c1ccc(N2c3cc(N(c4ccccc4)c4ccccc4)cc4c3B(c3ccccc3N4c3ccccc3)c3ccoc32)cc1. The highest BCUT2D eigenvalue weighted by Gasteiger charge is 2.45. The van der Waals surface area contributed by atoms with Gasteiger partial charge >= 0.3 is 0 Å². The van der Waals surface area contributed by atoms with Crippen molar-refractivity contribution in [3.05, 3.63) is 170 Å². The highest BCUT2D eigenvalue weighted by atomic mass is 16.3. The maximum absolute atomic E-state index is 6.47. The Labute approximate surface area is 288 Å². The van der Waals surface area contributed by atoms with Gasteiger partial charge in [0.2, 0.25) is 0 Å². The Balaban J connectivity index is 1.37. The van der Waals surface area contributed by atoms with Crippen LogP contribution in [0.15, 0.2) is 168 Å². The first-order chi connectivity index (χ1) is 24.0. The fourth-order valence-corrected chi connectivity index (χ4v) is 7.59. The first kappa shape index (κ1) is 29.2. The molecular weight excluding hydrogens is 597 g/mol. The molecule has 0 atom stereocenters. The van der Waals surface area contributed by atoms with E-state index in [2.05, 4.69) is 193 Å². The third-order valence-electron chi connectivity index (χ3n) is 9.86. The van der Waals surface area contributed by atoms with E-state index in [1.165, 1.54) is 27.6 Å². The molecule has 5 heteroatoms. The summed E-state index contributed by atoms with van der Waals surface area (Å²) >= 11 is 0. The lowest BCUT2D eigenvalue weighted by Crippen LogP contribution is -2.61. The van der Waals surface area contributed by atoms with Crippen LogP contribution in [-0.2, 0) is 5.41 Å². The molecule has 0 bridgehead atoms. The molecule has 0 unspecified atom stereocenters. The summed E-state index contributed by atoms with van der Waals surface area (Å²) in [7, 11) is 0. The van der Waals surface area contributed by atoms with Crippen molar-refractivity contribution in [3.8, 4) is 0 Å². The highest BCUT2D eigenvalue weighted by Crippen LogP contribution is 2.48. The highest BCUT2D eigenvalue weighted by molar-refractivity contribution is 7.00. The molecule has 9 rings (SSSR count). The molecule has 0 saturated heterocycles. The van der Waals surface area contributed by atoms with Gasteiger partial charge in [-0.25, -0.2) is 0 Å². The third kappa shape index (κ3) is 4.76. The van der Waals surface area contributed by atoms with Crippen molar-refractivity contribution in [2.24, 2.45) is 0 Å². The number of rotatable bonds is 5. The summed E-state index contributed by atoms with van der Waals surface area (Å²) in [5.41, 5.74) is 13.9. The Morgan fingerprint density at radius 2 is 1.06 bits per heavy atom. The summed E-state index contributed by atoms with van der Waals surface area (Å²) in [6.07, 6.45) is 1.85. The van der Waals surface area contributed by atoms with Crippen molar-refractivity contribution in [2.75, 3.05) is 14.7 Å². The summed E-state index contributed by atoms with van der Waals surface area (Å²) in [5, 5.41) is 0. The van der Waals surface area contributed by atoms with Crippen LogP contribution in [0.5, 0.6) is 0 Å². The van der Waals surface area contributed by atoms with E-state index >= 15 is 0 Å². The summed E-state index contributed by atoms with van der Waals surface area (Å²) in [6.45, 7) is 6.79. The third-order valence-corrected chi connectivity index (χ3v) is 9.86. The monoisotopic (exact) mass is 633 g/mol. The lowest BCUT2D eigenvalue weighted by atomic mass is 9.34. The second-order valence-electron chi connectivity index (χ2n) is 13.9. The van der Waals surface area contributed by atoms with Crippen LogP contribution in [0.25, 0.3) is 0 Å². The zero-order valence-electron chi connectivity index (χ0n) is 27.9. The van der Waals surface area contributed by atoms with Crippen LogP contribution in [0.1, 0.15) is 26.3 Å². The van der Waals surface area contributed by atoms with Gasteiger partial charge in [0.05, 0.1) is 12.0 Å². The molecule has 2 aliphatic heterocycles. The van der Waals surface area contributed by atoms with E-state index in [0.717, 1.165) is 45.7 Å². The number of hydrogen-bond donors (Lipinski definition) is 0. The summed E-state index contributed by atoms with van der Waals surface area (Å²) in [4.78, 5) is 7.12. The lowest BCUT2D eigenvalue weighted by molar-refractivity contribution is 0.575. The van der Waals surface area contributed by atoms with Gasteiger partial charge in [0.1, 0.15) is 0 Å². The zero-order valence-corrected chi connectivity index (χ0v) is 27.9.